The highest BCUT2D eigenvalue weighted by Gasteiger charge is 2.23. The lowest BCUT2D eigenvalue weighted by molar-refractivity contribution is 0.455. The fourth-order valence-electron chi connectivity index (χ4n) is 2.56. The van der Waals surface area contributed by atoms with E-state index in [1.54, 1.807) is 0 Å². The fourth-order valence-corrected chi connectivity index (χ4v) is 2.80. The monoisotopic (exact) mass is 279 g/mol. The van der Waals surface area contributed by atoms with Gasteiger partial charge in [-0.3, -0.25) is 0 Å². The van der Waals surface area contributed by atoms with Gasteiger partial charge in [-0.2, -0.15) is 4.98 Å². The smallest absolute Gasteiger partial charge is 0.298 e. The van der Waals surface area contributed by atoms with Gasteiger partial charge < -0.3 is 14.6 Å². The molecule has 3 rings (SSSR count). The van der Waals surface area contributed by atoms with E-state index < -0.39 is 0 Å². The molecule has 19 heavy (non-hydrogen) atoms. The number of rotatable bonds is 2. The van der Waals surface area contributed by atoms with Crippen LogP contribution in [0, 0.1) is 0 Å². The lowest BCUT2D eigenvalue weighted by atomic mass is 10.1. The van der Waals surface area contributed by atoms with Crippen LogP contribution >= 0.6 is 11.6 Å². The van der Waals surface area contributed by atoms with Crippen molar-refractivity contribution in [3.8, 4) is 0 Å². The minimum absolute atomic E-state index is 0.391. The van der Waals surface area contributed by atoms with Gasteiger partial charge in [0.15, 0.2) is 5.58 Å². The van der Waals surface area contributed by atoms with E-state index in [0.717, 1.165) is 47.7 Å². The minimum atomic E-state index is 0.391. The Hall–Kier alpha value is -1.26. The number of aryl methyl sites for hydroxylation is 1. The van der Waals surface area contributed by atoms with Crippen molar-refractivity contribution in [2.75, 3.05) is 24.5 Å². The van der Waals surface area contributed by atoms with Crippen LogP contribution in [-0.4, -0.2) is 30.7 Å². The molecule has 0 aliphatic carbocycles. The van der Waals surface area contributed by atoms with Crippen molar-refractivity contribution in [1.82, 2.24) is 10.3 Å². The van der Waals surface area contributed by atoms with Crippen LogP contribution in [0.4, 0.5) is 6.01 Å². The normalized spacial score (nSPS) is 20.2. The zero-order valence-electron chi connectivity index (χ0n) is 11.2. The topological polar surface area (TPSA) is 41.3 Å². The van der Waals surface area contributed by atoms with E-state index in [1.807, 2.05) is 12.1 Å². The average molecular weight is 280 g/mol. The number of hydrogen-bond acceptors (Lipinski definition) is 4. The van der Waals surface area contributed by atoms with Crippen molar-refractivity contribution in [1.29, 1.82) is 0 Å². The van der Waals surface area contributed by atoms with Gasteiger partial charge in [-0.1, -0.05) is 18.5 Å². The van der Waals surface area contributed by atoms with Crippen molar-refractivity contribution in [3.63, 3.8) is 0 Å². The van der Waals surface area contributed by atoms with Gasteiger partial charge in [-0.05, 0) is 31.0 Å². The highest BCUT2D eigenvalue weighted by Crippen LogP contribution is 2.29. The summed E-state index contributed by atoms with van der Waals surface area (Å²) < 4.78 is 5.98. The third kappa shape index (κ3) is 2.30. The predicted molar refractivity (Wildman–Crippen MR) is 78.1 cm³/mol. The summed E-state index contributed by atoms with van der Waals surface area (Å²) in [5.41, 5.74) is 2.83. The first-order chi connectivity index (χ1) is 9.19. The first kappa shape index (κ1) is 12.8. The average Bonchev–Trinajstić information content (AvgIpc) is 2.81. The number of anilines is 1. The van der Waals surface area contributed by atoms with Crippen LogP contribution in [0.15, 0.2) is 16.5 Å². The minimum Gasteiger partial charge on any atom is -0.423 e. The molecule has 1 aromatic heterocycles. The molecule has 1 N–H and O–H groups in total. The Kier molecular flexibility index (Phi) is 3.37. The summed E-state index contributed by atoms with van der Waals surface area (Å²) in [5, 5.41) is 4.09. The van der Waals surface area contributed by atoms with E-state index in [4.69, 9.17) is 16.0 Å². The standard InChI is InChI=1S/C14H18ClN3O/c1-3-10-6-11(15)7-12-13(10)19-14(17-12)18-5-4-16-8-9(18)2/h6-7,9,16H,3-5,8H2,1-2H3. The van der Waals surface area contributed by atoms with Crippen molar-refractivity contribution in [3.05, 3.63) is 22.7 Å². The Balaban J connectivity index is 2.05. The largest absolute Gasteiger partial charge is 0.423 e. The summed E-state index contributed by atoms with van der Waals surface area (Å²) in [6, 6.07) is 4.93. The van der Waals surface area contributed by atoms with E-state index >= 15 is 0 Å². The third-order valence-electron chi connectivity index (χ3n) is 3.65. The van der Waals surface area contributed by atoms with E-state index in [-0.39, 0.29) is 0 Å². The fraction of sp³-hybridized carbons (Fsp3) is 0.500. The SMILES string of the molecule is CCc1cc(Cl)cc2nc(N3CCNCC3C)oc12. The maximum absolute atomic E-state index is 6.12. The van der Waals surface area contributed by atoms with Crippen LogP contribution in [0.5, 0.6) is 0 Å². The lowest BCUT2D eigenvalue weighted by Crippen LogP contribution is -2.50. The van der Waals surface area contributed by atoms with Crippen molar-refractivity contribution in [2.45, 2.75) is 26.3 Å². The molecule has 1 atom stereocenters. The first-order valence-corrected chi connectivity index (χ1v) is 7.13. The van der Waals surface area contributed by atoms with E-state index in [1.165, 1.54) is 0 Å². The van der Waals surface area contributed by atoms with Crippen LogP contribution in [0.1, 0.15) is 19.4 Å². The number of nitrogens with one attached hydrogen (secondary N) is 1. The molecule has 102 valence electrons. The molecule has 1 unspecified atom stereocenters. The van der Waals surface area contributed by atoms with Gasteiger partial charge >= 0.3 is 0 Å². The molecule has 2 aromatic rings. The van der Waals surface area contributed by atoms with Crippen LogP contribution in [0.25, 0.3) is 11.1 Å². The number of halogens is 1. The number of fused-ring (bicyclic) bond motifs is 1. The summed E-state index contributed by atoms with van der Waals surface area (Å²) >= 11 is 6.12. The molecule has 1 fully saturated rings. The molecule has 5 heteroatoms. The highest BCUT2D eigenvalue weighted by atomic mass is 35.5. The quantitative estimate of drug-likeness (QED) is 0.918. The summed E-state index contributed by atoms with van der Waals surface area (Å²) in [4.78, 5) is 6.82. The number of oxazole rings is 1. The number of hydrogen-bond donors (Lipinski definition) is 1. The second-order valence-electron chi connectivity index (χ2n) is 5.01. The van der Waals surface area contributed by atoms with Crippen LogP contribution < -0.4 is 10.2 Å². The Morgan fingerprint density at radius 2 is 2.37 bits per heavy atom. The van der Waals surface area contributed by atoms with Crippen molar-refractivity contribution >= 4 is 28.7 Å². The summed E-state index contributed by atoms with van der Waals surface area (Å²) in [5.74, 6) is 0. The predicted octanol–water partition coefficient (Wildman–Crippen LogP) is 2.84. The number of nitrogens with zero attached hydrogens (tertiary/aromatic N) is 2. The molecule has 4 nitrogen and oxygen atoms in total. The maximum atomic E-state index is 6.12. The molecule has 1 aliphatic heterocycles. The van der Waals surface area contributed by atoms with Gasteiger partial charge in [-0.15, -0.1) is 0 Å². The van der Waals surface area contributed by atoms with Gasteiger partial charge in [-0.25, -0.2) is 0 Å². The molecule has 1 aromatic carbocycles. The van der Waals surface area contributed by atoms with Gasteiger partial charge in [0.1, 0.15) is 5.52 Å². The van der Waals surface area contributed by atoms with Crippen LogP contribution in [0.3, 0.4) is 0 Å². The van der Waals surface area contributed by atoms with Gasteiger partial charge in [0.25, 0.3) is 6.01 Å². The first-order valence-electron chi connectivity index (χ1n) is 6.75. The lowest BCUT2D eigenvalue weighted by Gasteiger charge is -2.32. The van der Waals surface area contributed by atoms with E-state index in [9.17, 15) is 0 Å². The Bertz CT molecular complexity index is 596. The Morgan fingerprint density at radius 1 is 1.53 bits per heavy atom. The highest BCUT2D eigenvalue weighted by molar-refractivity contribution is 6.31. The second-order valence-corrected chi connectivity index (χ2v) is 5.45. The summed E-state index contributed by atoms with van der Waals surface area (Å²) in [6.07, 6.45) is 0.892. The Morgan fingerprint density at radius 3 is 3.11 bits per heavy atom. The Labute approximate surface area is 117 Å². The molecule has 2 heterocycles. The van der Waals surface area contributed by atoms with Crippen LogP contribution in [0.2, 0.25) is 5.02 Å². The van der Waals surface area contributed by atoms with Crippen molar-refractivity contribution < 1.29 is 4.42 Å². The van der Waals surface area contributed by atoms with Gasteiger partial charge in [0.2, 0.25) is 0 Å². The zero-order valence-corrected chi connectivity index (χ0v) is 12.0. The maximum Gasteiger partial charge on any atom is 0.298 e. The zero-order chi connectivity index (χ0) is 13.4. The van der Waals surface area contributed by atoms with Gasteiger partial charge in [0.05, 0.1) is 0 Å². The molecule has 0 spiro atoms. The van der Waals surface area contributed by atoms with Crippen molar-refractivity contribution in [2.24, 2.45) is 0 Å². The molecule has 0 bridgehead atoms. The molecule has 0 radical (unpaired) electrons. The number of piperazine rings is 1. The second kappa shape index (κ2) is 5.02. The van der Waals surface area contributed by atoms with E-state index in [0.29, 0.717) is 12.1 Å². The molecule has 1 aliphatic rings. The molecule has 1 saturated heterocycles. The molecule has 0 saturated carbocycles. The third-order valence-corrected chi connectivity index (χ3v) is 3.87. The number of benzene rings is 1. The molecular weight excluding hydrogens is 262 g/mol. The summed E-state index contributed by atoms with van der Waals surface area (Å²) in [7, 11) is 0. The van der Waals surface area contributed by atoms with Crippen LogP contribution in [-0.2, 0) is 6.42 Å². The van der Waals surface area contributed by atoms with Gasteiger partial charge in [0, 0.05) is 30.7 Å². The molecular formula is C14H18ClN3O. The molecule has 0 amide bonds. The number of aromatic nitrogens is 1. The summed E-state index contributed by atoms with van der Waals surface area (Å²) in [6.45, 7) is 7.11. The van der Waals surface area contributed by atoms with E-state index in [2.05, 4.69) is 29.0 Å².